The number of hydrogen-bond acceptors (Lipinski definition) is 2. The Hall–Kier alpha value is -1.12. The third kappa shape index (κ3) is 2.23. The first-order valence-corrected chi connectivity index (χ1v) is 7.47. The molecule has 1 aromatic heterocycles. The summed E-state index contributed by atoms with van der Waals surface area (Å²) in [5.41, 5.74) is 9.09. The fourth-order valence-electron chi connectivity index (χ4n) is 2.53. The van der Waals surface area contributed by atoms with Crippen molar-refractivity contribution in [3.63, 3.8) is 0 Å². The standard InChI is InChI=1S/C16H19NS/c1-11-8-9-15(18-11)16(17)14-7-3-6-13(10-14)12-4-2-5-12/h3,6-10,12,16H,2,4-5,17H2,1H3. The topological polar surface area (TPSA) is 26.0 Å². The van der Waals surface area contributed by atoms with Crippen molar-refractivity contribution in [2.45, 2.75) is 38.1 Å². The summed E-state index contributed by atoms with van der Waals surface area (Å²) in [6, 6.07) is 13.2. The van der Waals surface area contributed by atoms with E-state index in [1.54, 1.807) is 11.3 Å². The molecule has 0 amide bonds. The van der Waals surface area contributed by atoms with Gasteiger partial charge in [0.15, 0.2) is 0 Å². The Balaban J connectivity index is 1.86. The van der Waals surface area contributed by atoms with Crippen LogP contribution in [0.1, 0.15) is 52.1 Å². The zero-order chi connectivity index (χ0) is 12.5. The van der Waals surface area contributed by atoms with E-state index in [0.29, 0.717) is 0 Å². The van der Waals surface area contributed by atoms with Crippen molar-refractivity contribution >= 4 is 11.3 Å². The Kier molecular flexibility index (Phi) is 3.23. The first-order valence-electron chi connectivity index (χ1n) is 6.66. The maximum atomic E-state index is 6.37. The second kappa shape index (κ2) is 4.87. The summed E-state index contributed by atoms with van der Waals surface area (Å²) in [6.07, 6.45) is 4.07. The van der Waals surface area contributed by atoms with E-state index in [9.17, 15) is 0 Å². The van der Waals surface area contributed by atoms with Gasteiger partial charge in [-0.1, -0.05) is 30.7 Å². The van der Waals surface area contributed by atoms with Gasteiger partial charge in [-0.15, -0.1) is 11.3 Å². The fraction of sp³-hybridized carbons (Fsp3) is 0.375. The predicted molar refractivity (Wildman–Crippen MR) is 78.1 cm³/mol. The number of benzene rings is 1. The van der Waals surface area contributed by atoms with Gasteiger partial charge >= 0.3 is 0 Å². The second-order valence-corrected chi connectivity index (χ2v) is 6.54. The summed E-state index contributed by atoms with van der Waals surface area (Å²) < 4.78 is 0. The Morgan fingerprint density at radius 1 is 1.22 bits per heavy atom. The minimum absolute atomic E-state index is 0.0312. The molecule has 0 bridgehead atoms. The monoisotopic (exact) mass is 257 g/mol. The molecule has 1 aliphatic rings. The smallest absolute Gasteiger partial charge is 0.0646 e. The molecule has 1 unspecified atom stereocenters. The van der Waals surface area contributed by atoms with Gasteiger partial charge in [-0.2, -0.15) is 0 Å². The van der Waals surface area contributed by atoms with E-state index < -0.39 is 0 Å². The Morgan fingerprint density at radius 2 is 2.06 bits per heavy atom. The summed E-state index contributed by atoms with van der Waals surface area (Å²) in [7, 11) is 0. The van der Waals surface area contributed by atoms with Crippen LogP contribution in [0.2, 0.25) is 0 Å². The molecule has 1 fully saturated rings. The lowest BCUT2D eigenvalue weighted by molar-refractivity contribution is 0.419. The van der Waals surface area contributed by atoms with Crippen molar-refractivity contribution in [1.29, 1.82) is 0 Å². The average molecular weight is 257 g/mol. The summed E-state index contributed by atoms with van der Waals surface area (Å²) in [5, 5.41) is 0. The van der Waals surface area contributed by atoms with E-state index in [1.165, 1.54) is 40.1 Å². The maximum absolute atomic E-state index is 6.37. The molecule has 2 aromatic rings. The van der Waals surface area contributed by atoms with Crippen molar-refractivity contribution in [2.75, 3.05) is 0 Å². The van der Waals surface area contributed by atoms with Crippen molar-refractivity contribution in [2.24, 2.45) is 5.73 Å². The first kappa shape index (κ1) is 11.9. The lowest BCUT2D eigenvalue weighted by atomic mass is 9.79. The molecule has 1 saturated carbocycles. The quantitative estimate of drug-likeness (QED) is 0.868. The normalized spacial score (nSPS) is 17.4. The zero-order valence-electron chi connectivity index (χ0n) is 10.7. The molecule has 1 aromatic carbocycles. The number of rotatable bonds is 3. The number of nitrogens with two attached hydrogens (primary N) is 1. The van der Waals surface area contributed by atoms with Crippen LogP contribution in [-0.2, 0) is 0 Å². The van der Waals surface area contributed by atoms with Crippen LogP contribution in [0.15, 0.2) is 36.4 Å². The molecule has 1 atom stereocenters. The van der Waals surface area contributed by atoms with Gasteiger partial charge in [-0.05, 0) is 48.9 Å². The van der Waals surface area contributed by atoms with E-state index in [-0.39, 0.29) is 6.04 Å². The van der Waals surface area contributed by atoms with Crippen molar-refractivity contribution in [3.05, 3.63) is 57.3 Å². The first-order chi connectivity index (χ1) is 8.74. The summed E-state index contributed by atoms with van der Waals surface area (Å²) in [5.74, 6) is 0.780. The molecule has 94 valence electrons. The third-order valence-corrected chi connectivity index (χ3v) is 5.00. The average Bonchev–Trinajstić information content (AvgIpc) is 2.73. The van der Waals surface area contributed by atoms with Crippen LogP contribution in [-0.4, -0.2) is 0 Å². The lowest BCUT2D eigenvalue weighted by Gasteiger charge is -2.26. The van der Waals surface area contributed by atoms with Crippen molar-refractivity contribution < 1.29 is 0 Å². The van der Waals surface area contributed by atoms with Gasteiger partial charge in [-0.3, -0.25) is 0 Å². The van der Waals surface area contributed by atoms with Gasteiger partial charge in [0.1, 0.15) is 0 Å². The molecule has 3 rings (SSSR count). The van der Waals surface area contributed by atoms with Gasteiger partial charge in [-0.25, -0.2) is 0 Å². The largest absolute Gasteiger partial charge is 0.320 e. The molecular weight excluding hydrogens is 238 g/mol. The van der Waals surface area contributed by atoms with E-state index in [0.717, 1.165) is 5.92 Å². The van der Waals surface area contributed by atoms with Gasteiger partial charge in [0.25, 0.3) is 0 Å². The van der Waals surface area contributed by atoms with Crippen LogP contribution in [0.5, 0.6) is 0 Å². The summed E-state index contributed by atoms with van der Waals surface area (Å²) in [6.45, 7) is 2.13. The molecule has 0 radical (unpaired) electrons. The van der Waals surface area contributed by atoms with Crippen LogP contribution < -0.4 is 5.73 Å². The van der Waals surface area contributed by atoms with Crippen molar-refractivity contribution in [1.82, 2.24) is 0 Å². The molecular formula is C16H19NS. The fourth-order valence-corrected chi connectivity index (χ4v) is 3.44. The highest BCUT2D eigenvalue weighted by molar-refractivity contribution is 7.12. The molecule has 2 heteroatoms. The molecule has 0 saturated heterocycles. The molecule has 0 spiro atoms. The molecule has 1 heterocycles. The van der Waals surface area contributed by atoms with Crippen LogP contribution in [0.25, 0.3) is 0 Å². The van der Waals surface area contributed by atoms with Crippen LogP contribution in [0, 0.1) is 6.92 Å². The molecule has 1 nitrogen and oxygen atoms in total. The molecule has 1 aliphatic carbocycles. The van der Waals surface area contributed by atoms with Crippen LogP contribution in [0.3, 0.4) is 0 Å². The van der Waals surface area contributed by atoms with E-state index in [2.05, 4.69) is 43.3 Å². The molecule has 0 aliphatic heterocycles. The highest BCUT2D eigenvalue weighted by Gasteiger charge is 2.20. The van der Waals surface area contributed by atoms with Gasteiger partial charge in [0, 0.05) is 9.75 Å². The Labute approximate surface area is 113 Å². The predicted octanol–water partition coefficient (Wildman–Crippen LogP) is 4.37. The molecule has 2 N–H and O–H groups in total. The summed E-state index contributed by atoms with van der Waals surface area (Å²) >= 11 is 1.80. The van der Waals surface area contributed by atoms with Gasteiger partial charge in [0.2, 0.25) is 0 Å². The van der Waals surface area contributed by atoms with Crippen LogP contribution in [0.4, 0.5) is 0 Å². The highest BCUT2D eigenvalue weighted by Crippen LogP contribution is 2.37. The second-order valence-electron chi connectivity index (χ2n) is 5.22. The third-order valence-electron chi connectivity index (χ3n) is 3.91. The minimum Gasteiger partial charge on any atom is -0.320 e. The van der Waals surface area contributed by atoms with E-state index in [1.807, 2.05) is 0 Å². The van der Waals surface area contributed by atoms with E-state index >= 15 is 0 Å². The van der Waals surface area contributed by atoms with E-state index in [4.69, 9.17) is 5.73 Å². The number of thiophene rings is 1. The van der Waals surface area contributed by atoms with Crippen molar-refractivity contribution in [3.8, 4) is 0 Å². The minimum atomic E-state index is 0.0312. The number of hydrogen-bond donors (Lipinski definition) is 1. The van der Waals surface area contributed by atoms with Crippen LogP contribution >= 0.6 is 11.3 Å². The molecule has 18 heavy (non-hydrogen) atoms. The zero-order valence-corrected chi connectivity index (χ0v) is 11.5. The van der Waals surface area contributed by atoms with Gasteiger partial charge in [0.05, 0.1) is 6.04 Å². The Bertz CT molecular complexity index is 540. The SMILES string of the molecule is Cc1ccc(C(N)c2cccc(C3CCC3)c2)s1. The van der Waals surface area contributed by atoms with Gasteiger partial charge < -0.3 is 5.73 Å². The maximum Gasteiger partial charge on any atom is 0.0646 e. The summed E-state index contributed by atoms with van der Waals surface area (Å²) in [4.78, 5) is 2.59. The number of aryl methyl sites for hydroxylation is 1. The Morgan fingerprint density at radius 3 is 2.67 bits per heavy atom. The highest BCUT2D eigenvalue weighted by atomic mass is 32.1. The lowest BCUT2D eigenvalue weighted by Crippen LogP contribution is -2.13.